The lowest BCUT2D eigenvalue weighted by molar-refractivity contribution is 0.112. The second-order valence-corrected chi connectivity index (χ2v) is 7.89. The fraction of sp³-hybridized carbons (Fsp3) is 0.158. The Morgan fingerprint density at radius 3 is 2.54 bits per heavy atom. The predicted octanol–water partition coefficient (Wildman–Crippen LogP) is 2.93. The summed E-state index contributed by atoms with van der Waals surface area (Å²) in [5.74, 6) is -0.521. The molecule has 1 N–H and O–H groups in total. The van der Waals surface area contributed by atoms with Crippen LogP contribution < -0.4 is 9.04 Å². The van der Waals surface area contributed by atoms with Gasteiger partial charge in [-0.25, -0.2) is 12.8 Å². The van der Waals surface area contributed by atoms with E-state index in [9.17, 15) is 17.9 Å². The second kappa shape index (κ2) is 6.26. The van der Waals surface area contributed by atoms with Crippen LogP contribution in [0, 0.1) is 5.82 Å². The smallest absolute Gasteiger partial charge is 0.265 e. The van der Waals surface area contributed by atoms with Crippen molar-refractivity contribution in [3.63, 3.8) is 0 Å². The molecule has 134 valence electrons. The number of hydrogen-bond acceptors (Lipinski definition) is 4. The highest BCUT2D eigenvalue weighted by atomic mass is 32.2. The van der Waals surface area contributed by atoms with Crippen molar-refractivity contribution in [2.45, 2.75) is 11.0 Å². The van der Waals surface area contributed by atoms with Crippen molar-refractivity contribution < 1.29 is 22.7 Å². The van der Waals surface area contributed by atoms with Crippen molar-refractivity contribution in [3.8, 4) is 5.75 Å². The molecule has 0 bridgehead atoms. The molecule has 0 saturated heterocycles. The van der Waals surface area contributed by atoms with E-state index in [2.05, 4.69) is 0 Å². The van der Waals surface area contributed by atoms with Crippen molar-refractivity contribution in [1.29, 1.82) is 0 Å². The summed E-state index contributed by atoms with van der Waals surface area (Å²) in [5, 5.41) is 11.7. The summed E-state index contributed by atoms with van der Waals surface area (Å²) in [5.41, 5.74) is 0.531. The van der Waals surface area contributed by atoms with Gasteiger partial charge in [-0.2, -0.15) is 0 Å². The quantitative estimate of drug-likeness (QED) is 0.747. The van der Waals surface area contributed by atoms with Crippen LogP contribution in [0.2, 0.25) is 0 Å². The molecule has 3 aromatic carbocycles. The first-order chi connectivity index (χ1) is 12.5. The SMILES string of the molecule is O=S1(=O)c2cccc3cccc(c23)N1C[C@H](O)COc1ccccc1F. The summed E-state index contributed by atoms with van der Waals surface area (Å²) >= 11 is 0. The molecule has 1 atom stereocenters. The van der Waals surface area contributed by atoms with Crippen LogP contribution in [0.15, 0.2) is 65.6 Å². The second-order valence-electron chi connectivity index (χ2n) is 6.06. The Hall–Kier alpha value is -2.64. The largest absolute Gasteiger partial charge is 0.488 e. The number of halogens is 1. The molecular weight excluding hydrogens is 357 g/mol. The number of para-hydroxylation sites is 1. The minimum absolute atomic E-state index is 0.0150. The van der Waals surface area contributed by atoms with Gasteiger partial charge in [-0.15, -0.1) is 0 Å². The topological polar surface area (TPSA) is 66.8 Å². The van der Waals surface area contributed by atoms with Crippen LogP contribution in [0.4, 0.5) is 10.1 Å². The Bertz CT molecular complexity index is 1080. The first-order valence-electron chi connectivity index (χ1n) is 8.08. The van der Waals surface area contributed by atoms with E-state index in [0.29, 0.717) is 11.1 Å². The van der Waals surface area contributed by atoms with Gasteiger partial charge in [-0.3, -0.25) is 4.31 Å². The molecule has 0 radical (unpaired) electrons. The third-order valence-corrected chi connectivity index (χ3v) is 6.15. The molecule has 0 fully saturated rings. The van der Waals surface area contributed by atoms with Gasteiger partial charge in [0.25, 0.3) is 10.0 Å². The van der Waals surface area contributed by atoms with Crippen LogP contribution in [-0.2, 0) is 10.0 Å². The number of rotatable bonds is 5. The van der Waals surface area contributed by atoms with E-state index in [1.165, 1.54) is 22.5 Å². The number of aliphatic hydroxyl groups excluding tert-OH is 1. The normalized spacial score (nSPS) is 16.0. The van der Waals surface area contributed by atoms with Gasteiger partial charge in [-0.1, -0.05) is 36.4 Å². The van der Waals surface area contributed by atoms with E-state index in [1.807, 2.05) is 12.1 Å². The highest BCUT2D eigenvalue weighted by molar-refractivity contribution is 7.93. The molecule has 1 aliphatic heterocycles. The first-order valence-corrected chi connectivity index (χ1v) is 9.52. The number of sulfonamides is 1. The Kier molecular flexibility index (Phi) is 4.05. The van der Waals surface area contributed by atoms with Crippen LogP contribution in [0.25, 0.3) is 10.8 Å². The number of ether oxygens (including phenoxy) is 1. The molecule has 0 aliphatic carbocycles. The summed E-state index contributed by atoms with van der Waals surface area (Å²) in [6.45, 7) is -0.399. The van der Waals surface area contributed by atoms with E-state index in [0.717, 1.165) is 5.39 Å². The van der Waals surface area contributed by atoms with Gasteiger partial charge in [0.1, 0.15) is 12.7 Å². The number of benzene rings is 3. The fourth-order valence-corrected chi connectivity index (χ4v) is 4.89. The molecular formula is C19H16FNO4S. The zero-order chi connectivity index (χ0) is 18.3. The van der Waals surface area contributed by atoms with Crippen LogP contribution in [0.5, 0.6) is 5.75 Å². The van der Waals surface area contributed by atoms with Crippen LogP contribution >= 0.6 is 0 Å². The summed E-state index contributed by atoms with van der Waals surface area (Å²) < 4.78 is 45.7. The Balaban J connectivity index is 1.57. The third kappa shape index (κ3) is 2.69. The van der Waals surface area contributed by atoms with Gasteiger partial charge in [0.2, 0.25) is 0 Å². The van der Waals surface area contributed by atoms with Gasteiger partial charge >= 0.3 is 0 Å². The Morgan fingerprint density at radius 2 is 1.77 bits per heavy atom. The van der Waals surface area contributed by atoms with Crippen LogP contribution in [0.1, 0.15) is 0 Å². The molecule has 3 aromatic rings. The van der Waals surface area contributed by atoms with Crippen molar-refractivity contribution >= 4 is 26.5 Å². The maximum Gasteiger partial charge on any atom is 0.265 e. The summed E-state index contributed by atoms with van der Waals surface area (Å²) in [6, 6.07) is 16.3. The summed E-state index contributed by atoms with van der Waals surface area (Å²) in [6.07, 6.45) is -1.12. The maximum atomic E-state index is 13.6. The van der Waals surface area contributed by atoms with Crippen molar-refractivity contribution in [1.82, 2.24) is 0 Å². The van der Waals surface area contributed by atoms with E-state index < -0.39 is 21.9 Å². The monoisotopic (exact) mass is 373 g/mol. The summed E-state index contributed by atoms with van der Waals surface area (Å²) in [7, 11) is -3.74. The molecule has 26 heavy (non-hydrogen) atoms. The van der Waals surface area contributed by atoms with Crippen molar-refractivity contribution in [3.05, 3.63) is 66.5 Å². The van der Waals surface area contributed by atoms with Gasteiger partial charge in [0.05, 0.1) is 17.1 Å². The summed E-state index contributed by atoms with van der Waals surface area (Å²) in [4.78, 5) is 0.229. The maximum absolute atomic E-state index is 13.6. The van der Waals surface area contributed by atoms with Crippen molar-refractivity contribution in [2.24, 2.45) is 0 Å². The van der Waals surface area contributed by atoms with E-state index in [4.69, 9.17) is 4.74 Å². The standard InChI is InChI=1S/C19H16FNO4S/c20-15-7-1-2-9-17(15)25-12-14(22)11-21-16-8-3-5-13-6-4-10-18(19(13)16)26(21,23)24/h1-10,14,22H,11-12H2/t14-/m0/s1. The molecule has 0 spiro atoms. The number of β-amino-alcohol motifs (C(OH)–C–C–N with tert-alkyl or cyclic N) is 1. The minimum Gasteiger partial charge on any atom is -0.488 e. The fourth-order valence-electron chi connectivity index (χ4n) is 3.15. The predicted molar refractivity (Wildman–Crippen MR) is 96.4 cm³/mol. The highest BCUT2D eigenvalue weighted by Crippen LogP contribution is 2.41. The molecule has 7 heteroatoms. The number of anilines is 1. The van der Waals surface area contributed by atoms with Gasteiger partial charge < -0.3 is 9.84 Å². The molecule has 0 unspecified atom stereocenters. The molecule has 0 amide bonds. The van der Waals surface area contributed by atoms with Gasteiger partial charge in [-0.05, 0) is 29.7 Å². The molecule has 1 heterocycles. The first kappa shape index (κ1) is 16.8. The molecule has 0 aromatic heterocycles. The van der Waals surface area contributed by atoms with Crippen molar-refractivity contribution in [2.75, 3.05) is 17.5 Å². The number of nitrogens with zero attached hydrogens (tertiary/aromatic N) is 1. The van der Waals surface area contributed by atoms with Crippen LogP contribution in [-0.4, -0.2) is 32.8 Å². The molecule has 1 aliphatic rings. The van der Waals surface area contributed by atoms with E-state index in [1.54, 1.807) is 30.3 Å². The molecule has 4 rings (SSSR count). The lowest BCUT2D eigenvalue weighted by atomic mass is 10.1. The lowest BCUT2D eigenvalue weighted by Gasteiger charge is -2.22. The molecule has 0 saturated carbocycles. The Labute approximate surface area is 150 Å². The van der Waals surface area contributed by atoms with Gasteiger partial charge in [0.15, 0.2) is 11.6 Å². The van der Waals surface area contributed by atoms with Gasteiger partial charge in [0, 0.05) is 5.39 Å². The average Bonchev–Trinajstić information content (AvgIpc) is 2.85. The zero-order valence-corrected chi connectivity index (χ0v) is 14.5. The number of hydrogen-bond donors (Lipinski definition) is 1. The minimum atomic E-state index is -3.74. The third-order valence-electron chi connectivity index (χ3n) is 4.33. The zero-order valence-electron chi connectivity index (χ0n) is 13.7. The molecule has 5 nitrogen and oxygen atoms in total. The average molecular weight is 373 g/mol. The number of aliphatic hydroxyl groups is 1. The van der Waals surface area contributed by atoms with E-state index in [-0.39, 0.29) is 23.8 Å². The highest BCUT2D eigenvalue weighted by Gasteiger charge is 2.36. The Morgan fingerprint density at radius 1 is 1.04 bits per heavy atom. The van der Waals surface area contributed by atoms with E-state index >= 15 is 0 Å². The van der Waals surface area contributed by atoms with Crippen LogP contribution in [0.3, 0.4) is 0 Å². The lowest BCUT2D eigenvalue weighted by Crippen LogP contribution is -2.37.